The van der Waals surface area contributed by atoms with E-state index in [1.165, 1.54) is 11.3 Å². The molecule has 2 aromatic carbocycles. The van der Waals surface area contributed by atoms with Gasteiger partial charge in [0.15, 0.2) is 11.5 Å². The second kappa shape index (κ2) is 5.96. The van der Waals surface area contributed by atoms with Gasteiger partial charge < -0.3 is 9.47 Å². The standard InChI is InChI=1S/C24H21NO4/c1-28-19-4-2-3-5-20(19)29-14-8-6-13(7-9-14)25-23(26)21-15-10-11-16(18-12-17(15)18)22(21)24(25)27/h2-11,15-18,21-22H,12H2,1H3/t15-,16+,17-,18-,21+,22-/m1/s1. The lowest BCUT2D eigenvalue weighted by atomic mass is 9.63. The maximum absolute atomic E-state index is 13.2. The number of imide groups is 1. The summed E-state index contributed by atoms with van der Waals surface area (Å²) in [7, 11) is 1.60. The number of carbonyl (C=O) groups excluding carboxylic acids is 2. The highest BCUT2D eigenvalue weighted by Gasteiger charge is 2.67. The van der Waals surface area contributed by atoms with Crippen LogP contribution in [0.4, 0.5) is 5.69 Å². The van der Waals surface area contributed by atoms with Crippen LogP contribution in [0.15, 0.2) is 60.7 Å². The molecule has 0 N–H and O–H groups in total. The summed E-state index contributed by atoms with van der Waals surface area (Å²) in [5, 5.41) is 0. The summed E-state index contributed by atoms with van der Waals surface area (Å²) < 4.78 is 11.2. The molecule has 2 amide bonds. The van der Waals surface area contributed by atoms with Gasteiger partial charge in [-0.1, -0.05) is 24.3 Å². The number of allylic oxidation sites excluding steroid dienone is 2. The molecule has 5 heteroatoms. The van der Waals surface area contributed by atoms with Crippen LogP contribution < -0.4 is 14.4 Å². The predicted octanol–water partition coefficient (Wildman–Crippen LogP) is 4.05. The maximum atomic E-state index is 13.2. The van der Waals surface area contributed by atoms with Crippen molar-refractivity contribution < 1.29 is 19.1 Å². The second-order valence-corrected chi connectivity index (χ2v) is 8.41. The lowest BCUT2D eigenvalue weighted by Crippen LogP contribution is -2.40. The van der Waals surface area contributed by atoms with Gasteiger partial charge in [0.1, 0.15) is 5.75 Å². The molecular formula is C24H21NO4. The molecule has 6 atom stereocenters. The van der Waals surface area contributed by atoms with Crippen LogP contribution in [0.25, 0.3) is 0 Å². The van der Waals surface area contributed by atoms with Crippen LogP contribution in [0.5, 0.6) is 17.2 Å². The summed E-state index contributed by atoms with van der Waals surface area (Å²) in [5.74, 6) is 3.16. The molecule has 146 valence electrons. The first-order valence-corrected chi connectivity index (χ1v) is 10.1. The number of anilines is 1. The summed E-state index contributed by atoms with van der Waals surface area (Å²) in [6, 6.07) is 14.6. The van der Waals surface area contributed by atoms with E-state index in [2.05, 4.69) is 12.2 Å². The van der Waals surface area contributed by atoms with E-state index < -0.39 is 0 Å². The van der Waals surface area contributed by atoms with Crippen molar-refractivity contribution in [3.63, 3.8) is 0 Å². The lowest BCUT2D eigenvalue weighted by Gasteiger charge is -2.37. The van der Waals surface area contributed by atoms with E-state index in [0.717, 1.165) is 0 Å². The van der Waals surface area contributed by atoms with Crippen molar-refractivity contribution in [2.45, 2.75) is 6.42 Å². The zero-order chi connectivity index (χ0) is 19.7. The SMILES string of the molecule is COc1ccccc1Oc1ccc(N2C(=O)[C@@H]3[C@H]4C=C[C@H]([C@H]5C[C@H]45)[C@@H]3C2=O)cc1. The zero-order valence-corrected chi connectivity index (χ0v) is 16.0. The van der Waals surface area contributed by atoms with E-state index in [-0.39, 0.29) is 35.5 Å². The molecule has 2 saturated carbocycles. The van der Waals surface area contributed by atoms with Crippen molar-refractivity contribution in [3.05, 3.63) is 60.7 Å². The van der Waals surface area contributed by atoms with Crippen LogP contribution in [0.3, 0.4) is 0 Å². The van der Waals surface area contributed by atoms with Gasteiger partial charge in [-0.15, -0.1) is 0 Å². The number of ether oxygens (including phenoxy) is 2. The van der Waals surface area contributed by atoms with E-state index in [1.54, 1.807) is 31.4 Å². The molecule has 1 saturated heterocycles. The minimum Gasteiger partial charge on any atom is -0.493 e. The van der Waals surface area contributed by atoms with Crippen molar-refractivity contribution in [1.82, 2.24) is 0 Å². The van der Waals surface area contributed by atoms with Crippen LogP contribution >= 0.6 is 0 Å². The van der Waals surface area contributed by atoms with Crippen LogP contribution in [0.1, 0.15) is 6.42 Å². The molecule has 5 nitrogen and oxygen atoms in total. The Morgan fingerprint density at radius 1 is 0.828 bits per heavy atom. The first-order chi connectivity index (χ1) is 14.2. The number of methoxy groups -OCH3 is 1. The maximum Gasteiger partial charge on any atom is 0.238 e. The van der Waals surface area contributed by atoms with Crippen molar-refractivity contribution in [1.29, 1.82) is 0 Å². The molecule has 5 aliphatic rings. The fourth-order valence-corrected chi connectivity index (χ4v) is 5.70. The molecule has 0 aromatic heterocycles. The third kappa shape index (κ3) is 2.33. The number of hydrogen-bond acceptors (Lipinski definition) is 4. The molecule has 1 aliphatic heterocycles. The number of benzene rings is 2. The van der Waals surface area contributed by atoms with Gasteiger partial charge in [-0.3, -0.25) is 14.5 Å². The monoisotopic (exact) mass is 387 g/mol. The molecule has 3 fully saturated rings. The Balaban J connectivity index is 1.26. The summed E-state index contributed by atoms with van der Waals surface area (Å²) in [6.07, 6.45) is 5.56. The Hall–Kier alpha value is -3.08. The third-order valence-corrected chi connectivity index (χ3v) is 7.05. The van der Waals surface area contributed by atoms with Crippen molar-refractivity contribution >= 4 is 17.5 Å². The molecule has 4 aliphatic carbocycles. The molecule has 7 rings (SSSR count). The Labute approximate surface area is 168 Å². The molecule has 29 heavy (non-hydrogen) atoms. The van der Waals surface area contributed by atoms with E-state index in [1.807, 2.05) is 24.3 Å². The molecular weight excluding hydrogens is 366 g/mol. The van der Waals surface area contributed by atoms with Gasteiger partial charge in [0.25, 0.3) is 0 Å². The van der Waals surface area contributed by atoms with Gasteiger partial charge in [0.2, 0.25) is 11.8 Å². The Morgan fingerprint density at radius 2 is 1.41 bits per heavy atom. The summed E-state index contributed by atoms with van der Waals surface area (Å²) >= 11 is 0. The van der Waals surface area contributed by atoms with Crippen LogP contribution in [-0.2, 0) is 9.59 Å². The highest BCUT2D eigenvalue weighted by Crippen LogP contribution is 2.65. The third-order valence-electron chi connectivity index (χ3n) is 7.05. The Kier molecular flexibility index (Phi) is 3.46. The Morgan fingerprint density at radius 3 is 2.00 bits per heavy atom. The first-order valence-electron chi connectivity index (χ1n) is 10.1. The van der Waals surface area contributed by atoms with Crippen molar-refractivity contribution in [3.8, 4) is 17.2 Å². The number of para-hydroxylation sites is 2. The fraction of sp³-hybridized carbons (Fsp3) is 0.333. The fourth-order valence-electron chi connectivity index (χ4n) is 5.70. The molecule has 0 radical (unpaired) electrons. The molecule has 2 bridgehead atoms. The second-order valence-electron chi connectivity index (χ2n) is 8.41. The molecule has 1 heterocycles. The van der Waals surface area contributed by atoms with Gasteiger partial charge >= 0.3 is 0 Å². The van der Waals surface area contributed by atoms with Crippen LogP contribution in [0.2, 0.25) is 0 Å². The summed E-state index contributed by atoms with van der Waals surface area (Å²) in [6.45, 7) is 0. The van der Waals surface area contributed by atoms with Gasteiger partial charge in [-0.25, -0.2) is 0 Å². The van der Waals surface area contributed by atoms with Gasteiger partial charge in [-0.2, -0.15) is 0 Å². The first kappa shape index (κ1) is 16.8. The minimum atomic E-state index is -0.175. The molecule has 2 aromatic rings. The normalized spacial score (nSPS) is 33.5. The van der Waals surface area contributed by atoms with E-state index >= 15 is 0 Å². The average Bonchev–Trinajstić information content (AvgIpc) is 3.53. The number of amides is 2. The number of carbonyl (C=O) groups is 2. The number of nitrogens with zero attached hydrogens (tertiary/aromatic N) is 1. The highest BCUT2D eigenvalue weighted by atomic mass is 16.5. The zero-order valence-electron chi connectivity index (χ0n) is 16.0. The van der Waals surface area contributed by atoms with E-state index in [0.29, 0.717) is 34.8 Å². The van der Waals surface area contributed by atoms with E-state index in [4.69, 9.17) is 9.47 Å². The smallest absolute Gasteiger partial charge is 0.238 e. The highest BCUT2D eigenvalue weighted by molar-refractivity contribution is 6.22. The minimum absolute atomic E-state index is 0.0388. The van der Waals surface area contributed by atoms with Gasteiger partial charge in [-0.05, 0) is 66.5 Å². The molecule has 0 unspecified atom stereocenters. The summed E-state index contributed by atoms with van der Waals surface area (Å²) in [4.78, 5) is 27.8. The average molecular weight is 387 g/mol. The van der Waals surface area contributed by atoms with Gasteiger partial charge in [0, 0.05) is 0 Å². The van der Waals surface area contributed by atoms with Crippen molar-refractivity contribution in [2.24, 2.45) is 35.5 Å². The predicted molar refractivity (Wildman–Crippen MR) is 107 cm³/mol. The Bertz CT molecular complexity index is 1010. The quantitative estimate of drug-likeness (QED) is 0.587. The lowest BCUT2D eigenvalue weighted by molar-refractivity contribution is -0.124. The summed E-state index contributed by atoms with van der Waals surface area (Å²) in [5.41, 5.74) is 0.620. The number of rotatable bonds is 4. The number of hydrogen-bond donors (Lipinski definition) is 0. The van der Waals surface area contributed by atoms with Crippen LogP contribution in [0, 0.1) is 35.5 Å². The molecule has 0 spiro atoms. The van der Waals surface area contributed by atoms with Crippen molar-refractivity contribution in [2.75, 3.05) is 12.0 Å². The van der Waals surface area contributed by atoms with E-state index in [9.17, 15) is 9.59 Å². The van der Waals surface area contributed by atoms with Crippen LogP contribution in [-0.4, -0.2) is 18.9 Å². The van der Waals surface area contributed by atoms with Gasteiger partial charge in [0.05, 0.1) is 24.6 Å². The topological polar surface area (TPSA) is 55.8 Å². The largest absolute Gasteiger partial charge is 0.493 e.